The van der Waals surface area contributed by atoms with Crippen LogP contribution in [0.2, 0.25) is 0 Å². The molecular weight excluding hydrogens is 272 g/mol. The second-order valence-electron chi connectivity index (χ2n) is 5.07. The Balaban J connectivity index is 2.58. The van der Waals surface area contributed by atoms with E-state index in [0.29, 0.717) is 5.69 Å². The molecule has 0 saturated heterocycles. The topological polar surface area (TPSA) is 86.7 Å². The summed E-state index contributed by atoms with van der Waals surface area (Å²) in [6.45, 7) is 3.17. The molecule has 1 rings (SSSR count). The predicted molar refractivity (Wildman–Crippen MR) is 78.9 cm³/mol. The monoisotopic (exact) mass is 292 g/mol. The van der Waals surface area contributed by atoms with Gasteiger partial charge >= 0.3 is 5.97 Å². The molecule has 1 aromatic carbocycles. The van der Waals surface area contributed by atoms with Gasteiger partial charge in [0.15, 0.2) is 0 Å². The normalized spacial score (nSPS) is 11.6. The predicted octanol–water partition coefficient (Wildman–Crippen LogP) is 1.37. The highest BCUT2D eigenvalue weighted by atomic mass is 16.4. The van der Waals surface area contributed by atoms with Crippen molar-refractivity contribution in [1.82, 2.24) is 4.90 Å². The molecule has 1 aromatic rings. The van der Waals surface area contributed by atoms with Crippen LogP contribution < -0.4 is 5.32 Å². The van der Waals surface area contributed by atoms with E-state index < -0.39 is 11.9 Å². The van der Waals surface area contributed by atoms with E-state index in [4.69, 9.17) is 5.11 Å². The van der Waals surface area contributed by atoms with Crippen molar-refractivity contribution >= 4 is 23.5 Å². The number of carboxylic acid groups (broad SMARTS) is 1. The summed E-state index contributed by atoms with van der Waals surface area (Å²) in [4.78, 5) is 35.1. The standard InChI is InChI=1S/C15H20N2O4/c1-10(15(20)21)9-17(3)14(19)8-12-4-6-13(7-5-12)16-11(2)18/h4-7,10H,8-9H2,1-3H3,(H,16,18)(H,20,21). The molecule has 2 amide bonds. The molecule has 2 N–H and O–H groups in total. The average molecular weight is 292 g/mol. The first-order valence-electron chi connectivity index (χ1n) is 6.63. The molecule has 0 fully saturated rings. The fraction of sp³-hybridized carbons (Fsp3) is 0.400. The summed E-state index contributed by atoms with van der Waals surface area (Å²) in [6, 6.07) is 6.98. The average Bonchev–Trinajstić information content (AvgIpc) is 2.40. The summed E-state index contributed by atoms with van der Waals surface area (Å²) in [5, 5.41) is 11.5. The van der Waals surface area contributed by atoms with Crippen molar-refractivity contribution in [3.63, 3.8) is 0 Å². The molecule has 6 nitrogen and oxygen atoms in total. The molecule has 0 bridgehead atoms. The smallest absolute Gasteiger partial charge is 0.308 e. The molecule has 6 heteroatoms. The maximum atomic E-state index is 12.0. The van der Waals surface area contributed by atoms with Crippen molar-refractivity contribution in [2.24, 2.45) is 5.92 Å². The Kier molecular flexibility index (Phi) is 5.90. The third kappa shape index (κ3) is 5.64. The van der Waals surface area contributed by atoms with Crippen molar-refractivity contribution < 1.29 is 19.5 Å². The highest BCUT2D eigenvalue weighted by molar-refractivity contribution is 5.88. The van der Waals surface area contributed by atoms with Crippen LogP contribution in [0.3, 0.4) is 0 Å². The van der Waals surface area contributed by atoms with E-state index in [1.807, 2.05) is 0 Å². The lowest BCUT2D eigenvalue weighted by molar-refractivity contribution is -0.142. The van der Waals surface area contributed by atoms with Gasteiger partial charge in [0.2, 0.25) is 11.8 Å². The Morgan fingerprint density at radius 3 is 2.29 bits per heavy atom. The Labute approximate surface area is 123 Å². The van der Waals surface area contributed by atoms with E-state index in [1.54, 1.807) is 38.2 Å². The fourth-order valence-corrected chi connectivity index (χ4v) is 1.81. The third-order valence-corrected chi connectivity index (χ3v) is 3.02. The molecule has 0 aromatic heterocycles. The SMILES string of the molecule is CC(=O)Nc1ccc(CC(=O)N(C)CC(C)C(=O)O)cc1. The van der Waals surface area contributed by atoms with Crippen LogP contribution in [0.15, 0.2) is 24.3 Å². The van der Waals surface area contributed by atoms with Gasteiger partial charge in [-0.2, -0.15) is 0 Å². The summed E-state index contributed by atoms with van der Waals surface area (Å²) in [7, 11) is 1.59. The zero-order chi connectivity index (χ0) is 16.0. The lowest BCUT2D eigenvalue weighted by Gasteiger charge is -2.19. The maximum absolute atomic E-state index is 12.0. The molecule has 0 aliphatic rings. The number of carboxylic acids is 1. The van der Waals surface area contributed by atoms with E-state index in [0.717, 1.165) is 5.56 Å². The number of benzene rings is 1. The van der Waals surface area contributed by atoms with Crippen LogP contribution in [0.5, 0.6) is 0 Å². The van der Waals surface area contributed by atoms with Gasteiger partial charge in [-0.25, -0.2) is 0 Å². The quantitative estimate of drug-likeness (QED) is 0.829. The second-order valence-corrected chi connectivity index (χ2v) is 5.07. The van der Waals surface area contributed by atoms with Gasteiger partial charge in [-0.05, 0) is 17.7 Å². The molecule has 0 heterocycles. The number of amides is 2. The molecule has 0 aliphatic carbocycles. The van der Waals surface area contributed by atoms with Crippen molar-refractivity contribution in [2.75, 3.05) is 18.9 Å². The van der Waals surface area contributed by atoms with Gasteiger partial charge in [0.05, 0.1) is 12.3 Å². The number of hydrogen-bond donors (Lipinski definition) is 2. The van der Waals surface area contributed by atoms with Crippen LogP contribution in [0.1, 0.15) is 19.4 Å². The number of likely N-dealkylation sites (N-methyl/N-ethyl adjacent to an activating group) is 1. The number of nitrogens with zero attached hydrogens (tertiary/aromatic N) is 1. The number of anilines is 1. The van der Waals surface area contributed by atoms with E-state index in [2.05, 4.69) is 5.32 Å². The van der Waals surface area contributed by atoms with Gasteiger partial charge < -0.3 is 15.3 Å². The number of hydrogen-bond acceptors (Lipinski definition) is 3. The van der Waals surface area contributed by atoms with Crippen LogP contribution in [-0.4, -0.2) is 41.4 Å². The van der Waals surface area contributed by atoms with Crippen molar-refractivity contribution in [1.29, 1.82) is 0 Å². The third-order valence-electron chi connectivity index (χ3n) is 3.02. The first kappa shape index (κ1) is 16.7. The van der Waals surface area contributed by atoms with E-state index in [1.165, 1.54) is 11.8 Å². The van der Waals surface area contributed by atoms with Crippen LogP contribution in [0.4, 0.5) is 5.69 Å². The van der Waals surface area contributed by atoms with Gasteiger partial charge in [0, 0.05) is 26.2 Å². The highest BCUT2D eigenvalue weighted by Gasteiger charge is 2.17. The first-order valence-corrected chi connectivity index (χ1v) is 6.63. The molecule has 1 unspecified atom stereocenters. The Bertz CT molecular complexity index is 525. The Morgan fingerprint density at radius 1 is 1.24 bits per heavy atom. The second kappa shape index (κ2) is 7.42. The first-order chi connectivity index (χ1) is 9.79. The number of aliphatic carboxylic acids is 1. The van der Waals surface area contributed by atoms with Crippen LogP contribution >= 0.6 is 0 Å². The van der Waals surface area contributed by atoms with Gasteiger partial charge in [-0.15, -0.1) is 0 Å². The Morgan fingerprint density at radius 2 is 1.81 bits per heavy atom. The highest BCUT2D eigenvalue weighted by Crippen LogP contribution is 2.11. The number of nitrogens with one attached hydrogen (secondary N) is 1. The lowest BCUT2D eigenvalue weighted by atomic mass is 10.1. The zero-order valence-electron chi connectivity index (χ0n) is 12.4. The molecule has 114 valence electrons. The molecule has 1 atom stereocenters. The number of rotatable bonds is 6. The zero-order valence-corrected chi connectivity index (χ0v) is 12.4. The molecule has 0 radical (unpaired) electrons. The van der Waals surface area contributed by atoms with Crippen molar-refractivity contribution in [3.05, 3.63) is 29.8 Å². The maximum Gasteiger partial charge on any atom is 0.308 e. The van der Waals surface area contributed by atoms with Crippen LogP contribution in [0.25, 0.3) is 0 Å². The Hall–Kier alpha value is -2.37. The summed E-state index contributed by atoms with van der Waals surface area (Å²) >= 11 is 0. The van der Waals surface area contributed by atoms with Gasteiger partial charge in [0.25, 0.3) is 0 Å². The van der Waals surface area contributed by atoms with E-state index in [9.17, 15) is 14.4 Å². The number of carbonyl (C=O) groups is 3. The molecule has 0 spiro atoms. The van der Waals surface area contributed by atoms with Gasteiger partial charge in [-0.3, -0.25) is 14.4 Å². The van der Waals surface area contributed by atoms with Crippen molar-refractivity contribution in [2.45, 2.75) is 20.3 Å². The molecule has 0 saturated carbocycles. The van der Waals surface area contributed by atoms with E-state index in [-0.39, 0.29) is 24.8 Å². The summed E-state index contributed by atoms with van der Waals surface area (Å²) < 4.78 is 0. The minimum atomic E-state index is -0.922. The largest absolute Gasteiger partial charge is 0.481 e. The molecule has 21 heavy (non-hydrogen) atoms. The fourth-order valence-electron chi connectivity index (χ4n) is 1.81. The molecule has 0 aliphatic heterocycles. The van der Waals surface area contributed by atoms with Crippen molar-refractivity contribution in [3.8, 4) is 0 Å². The summed E-state index contributed by atoms with van der Waals surface area (Å²) in [5.74, 6) is -1.81. The van der Waals surface area contributed by atoms with E-state index >= 15 is 0 Å². The summed E-state index contributed by atoms with van der Waals surface area (Å²) in [5.41, 5.74) is 1.48. The van der Waals surface area contributed by atoms with Gasteiger partial charge in [-0.1, -0.05) is 19.1 Å². The minimum Gasteiger partial charge on any atom is -0.481 e. The van der Waals surface area contributed by atoms with Gasteiger partial charge in [0.1, 0.15) is 0 Å². The minimum absolute atomic E-state index is 0.143. The summed E-state index contributed by atoms with van der Waals surface area (Å²) in [6.07, 6.45) is 0.198. The van der Waals surface area contributed by atoms with Crippen LogP contribution in [-0.2, 0) is 20.8 Å². The lowest BCUT2D eigenvalue weighted by Crippen LogP contribution is -2.34. The molecular formula is C15H20N2O4. The number of carbonyl (C=O) groups excluding carboxylic acids is 2. The van der Waals surface area contributed by atoms with Crippen LogP contribution in [0, 0.1) is 5.92 Å².